The third kappa shape index (κ3) is 2.82. The first kappa shape index (κ1) is 11.8. The fourth-order valence-electron chi connectivity index (χ4n) is 1.93. The number of hydrogen-bond acceptors (Lipinski definition) is 3. The van der Waals surface area contributed by atoms with Gasteiger partial charge in [-0.05, 0) is 12.8 Å². The van der Waals surface area contributed by atoms with Gasteiger partial charge in [-0.25, -0.2) is 9.59 Å². The summed E-state index contributed by atoms with van der Waals surface area (Å²) in [7, 11) is 1.33. The first-order valence-electron chi connectivity index (χ1n) is 4.79. The normalized spacial score (nSPS) is 23.5. The van der Waals surface area contributed by atoms with Crippen LogP contribution in [-0.4, -0.2) is 53.5 Å². The highest BCUT2D eigenvalue weighted by atomic mass is 16.5. The number of hydrogen-bond donors (Lipinski definition) is 2. The topological polar surface area (TPSA) is 87.1 Å². The summed E-state index contributed by atoms with van der Waals surface area (Å²) in [5.74, 6) is -1.29. The molecule has 0 aromatic carbocycles. The molecule has 0 saturated carbocycles. The van der Waals surface area contributed by atoms with E-state index in [-0.39, 0.29) is 12.5 Å². The van der Waals surface area contributed by atoms with E-state index in [1.54, 1.807) is 0 Å². The van der Waals surface area contributed by atoms with Gasteiger partial charge < -0.3 is 19.8 Å². The SMILES string of the molecule is CO[C@H](C(=O)O)C1CCCN(C(=O)O)C1. The fraction of sp³-hybridized carbons (Fsp3) is 0.778. The fourth-order valence-corrected chi connectivity index (χ4v) is 1.93. The monoisotopic (exact) mass is 217 g/mol. The molecule has 2 atom stereocenters. The molecular weight excluding hydrogens is 202 g/mol. The molecule has 0 radical (unpaired) electrons. The van der Waals surface area contributed by atoms with E-state index in [0.717, 1.165) is 0 Å². The minimum atomic E-state index is -1.03. The number of nitrogens with zero attached hydrogens (tertiary/aromatic N) is 1. The van der Waals surface area contributed by atoms with E-state index < -0.39 is 18.2 Å². The first-order chi connectivity index (χ1) is 7.06. The van der Waals surface area contributed by atoms with Crippen LogP contribution in [0.3, 0.4) is 0 Å². The third-order valence-corrected chi connectivity index (χ3v) is 2.65. The molecule has 1 heterocycles. The van der Waals surface area contributed by atoms with Crippen LogP contribution in [0.15, 0.2) is 0 Å². The van der Waals surface area contributed by atoms with Gasteiger partial charge in [-0.2, -0.15) is 0 Å². The second-order valence-electron chi connectivity index (χ2n) is 3.63. The van der Waals surface area contributed by atoms with Crippen molar-refractivity contribution in [1.29, 1.82) is 0 Å². The highest BCUT2D eigenvalue weighted by Gasteiger charge is 2.33. The van der Waals surface area contributed by atoms with Crippen LogP contribution in [0.5, 0.6) is 0 Å². The molecule has 1 amide bonds. The number of methoxy groups -OCH3 is 1. The molecule has 2 N–H and O–H groups in total. The van der Waals surface area contributed by atoms with Gasteiger partial charge in [-0.15, -0.1) is 0 Å². The van der Waals surface area contributed by atoms with Crippen LogP contribution in [0.1, 0.15) is 12.8 Å². The van der Waals surface area contributed by atoms with Gasteiger partial charge >= 0.3 is 12.1 Å². The van der Waals surface area contributed by atoms with Crippen LogP contribution in [0.4, 0.5) is 4.79 Å². The minimum Gasteiger partial charge on any atom is -0.479 e. The number of carbonyl (C=O) groups is 2. The van der Waals surface area contributed by atoms with Crippen molar-refractivity contribution >= 4 is 12.1 Å². The van der Waals surface area contributed by atoms with E-state index in [2.05, 4.69) is 0 Å². The van der Waals surface area contributed by atoms with Crippen molar-refractivity contribution in [2.75, 3.05) is 20.2 Å². The lowest BCUT2D eigenvalue weighted by Gasteiger charge is -2.33. The largest absolute Gasteiger partial charge is 0.479 e. The maximum absolute atomic E-state index is 10.8. The van der Waals surface area contributed by atoms with Crippen LogP contribution < -0.4 is 0 Å². The first-order valence-corrected chi connectivity index (χ1v) is 4.79. The van der Waals surface area contributed by atoms with Crippen LogP contribution in [-0.2, 0) is 9.53 Å². The summed E-state index contributed by atoms with van der Waals surface area (Å²) in [6.45, 7) is 0.710. The van der Waals surface area contributed by atoms with E-state index in [4.69, 9.17) is 14.9 Å². The van der Waals surface area contributed by atoms with Gasteiger partial charge in [-0.3, -0.25) is 0 Å². The summed E-state index contributed by atoms with van der Waals surface area (Å²) in [5.41, 5.74) is 0. The van der Waals surface area contributed by atoms with Crippen molar-refractivity contribution in [2.24, 2.45) is 5.92 Å². The predicted molar refractivity (Wildman–Crippen MR) is 50.8 cm³/mol. The number of ether oxygens (including phenoxy) is 1. The highest BCUT2D eigenvalue weighted by molar-refractivity contribution is 5.73. The highest BCUT2D eigenvalue weighted by Crippen LogP contribution is 2.21. The Balaban J connectivity index is 2.62. The molecule has 1 aliphatic heterocycles. The Kier molecular flexibility index (Phi) is 3.90. The molecule has 1 saturated heterocycles. The molecule has 0 aromatic rings. The Morgan fingerprint density at radius 3 is 2.60 bits per heavy atom. The summed E-state index contributed by atoms with van der Waals surface area (Å²) in [6, 6.07) is 0. The average molecular weight is 217 g/mol. The standard InChI is InChI=1S/C9H15NO5/c1-15-7(8(11)12)6-3-2-4-10(5-6)9(13)14/h6-7H,2-5H2,1H3,(H,11,12)(H,13,14)/t6?,7-/m0/s1. The second-order valence-corrected chi connectivity index (χ2v) is 3.63. The zero-order valence-corrected chi connectivity index (χ0v) is 8.55. The van der Waals surface area contributed by atoms with Gasteiger partial charge in [0, 0.05) is 26.1 Å². The predicted octanol–water partition coefficient (Wildman–Crippen LogP) is 0.476. The van der Waals surface area contributed by atoms with Crippen LogP contribution >= 0.6 is 0 Å². The molecule has 6 nitrogen and oxygen atoms in total. The Morgan fingerprint density at radius 1 is 1.47 bits per heavy atom. The Labute approximate surface area is 87.4 Å². The van der Waals surface area contributed by atoms with Crippen LogP contribution in [0, 0.1) is 5.92 Å². The van der Waals surface area contributed by atoms with Crippen molar-refractivity contribution in [3.8, 4) is 0 Å². The maximum Gasteiger partial charge on any atom is 0.407 e. The van der Waals surface area contributed by atoms with E-state index in [1.807, 2.05) is 0 Å². The number of aliphatic carboxylic acids is 1. The number of carboxylic acids is 1. The van der Waals surface area contributed by atoms with Gasteiger partial charge in [0.15, 0.2) is 6.10 Å². The molecule has 6 heteroatoms. The van der Waals surface area contributed by atoms with Crippen molar-refractivity contribution in [3.05, 3.63) is 0 Å². The van der Waals surface area contributed by atoms with E-state index >= 15 is 0 Å². The molecular formula is C9H15NO5. The quantitative estimate of drug-likeness (QED) is 0.717. The number of likely N-dealkylation sites (tertiary alicyclic amines) is 1. The van der Waals surface area contributed by atoms with Crippen LogP contribution in [0.2, 0.25) is 0 Å². The Bertz CT molecular complexity index is 255. The summed E-state index contributed by atoms with van der Waals surface area (Å²) in [6.07, 6.45) is -0.536. The second kappa shape index (κ2) is 4.97. The van der Waals surface area contributed by atoms with Gasteiger partial charge in [-0.1, -0.05) is 0 Å². The smallest absolute Gasteiger partial charge is 0.407 e. The molecule has 1 aliphatic rings. The Morgan fingerprint density at radius 2 is 2.13 bits per heavy atom. The zero-order chi connectivity index (χ0) is 11.4. The summed E-state index contributed by atoms with van der Waals surface area (Å²) in [5, 5.41) is 17.6. The lowest BCUT2D eigenvalue weighted by Crippen LogP contribution is -2.45. The lowest BCUT2D eigenvalue weighted by molar-refractivity contribution is -0.153. The maximum atomic E-state index is 10.8. The lowest BCUT2D eigenvalue weighted by atomic mass is 9.92. The molecule has 1 rings (SSSR count). The molecule has 1 unspecified atom stereocenters. The van der Waals surface area contributed by atoms with Crippen molar-refractivity contribution in [2.45, 2.75) is 18.9 Å². The summed E-state index contributed by atoms with van der Waals surface area (Å²) >= 11 is 0. The molecule has 1 fully saturated rings. The van der Waals surface area contributed by atoms with Gasteiger partial charge in [0.1, 0.15) is 0 Å². The van der Waals surface area contributed by atoms with Crippen molar-refractivity contribution in [1.82, 2.24) is 4.90 Å². The van der Waals surface area contributed by atoms with Crippen LogP contribution in [0.25, 0.3) is 0 Å². The van der Waals surface area contributed by atoms with Crippen molar-refractivity contribution < 1.29 is 24.5 Å². The minimum absolute atomic E-state index is 0.236. The number of rotatable bonds is 3. The van der Waals surface area contributed by atoms with Gasteiger partial charge in [0.25, 0.3) is 0 Å². The van der Waals surface area contributed by atoms with Gasteiger partial charge in [0.05, 0.1) is 0 Å². The van der Waals surface area contributed by atoms with E-state index in [1.165, 1.54) is 12.0 Å². The number of carboxylic acid groups (broad SMARTS) is 2. The summed E-state index contributed by atoms with van der Waals surface area (Å²) < 4.78 is 4.86. The molecule has 0 aromatic heterocycles. The summed E-state index contributed by atoms with van der Waals surface area (Å²) in [4.78, 5) is 22.8. The molecule has 0 bridgehead atoms. The van der Waals surface area contributed by atoms with Gasteiger partial charge in [0.2, 0.25) is 0 Å². The molecule has 0 spiro atoms. The number of amides is 1. The average Bonchev–Trinajstić information content (AvgIpc) is 2.18. The third-order valence-electron chi connectivity index (χ3n) is 2.65. The molecule has 15 heavy (non-hydrogen) atoms. The van der Waals surface area contributed by atoms with E-state index in [9.17, 15) is 9.59 Å². The molecule has 0 aliphatic carbocycles. The van der Waals surface area contributed by atoms with E-state index in [0.29, 0.717) is 19.4 Å². The Hall–Kier alpha value is -1.30. The van der Waals surface area contributed by atoms with Crippen molar-refractivity contribution in [3.63, 3.8) is 0 Å². The molecule has 86 valence electrons. The number of piperidine rings is 1. The zero-order valence-electron chi connectivity index (χ0n) is 8.55.